The van der Waals surface area contributed by atoms with E-state index in [9.17, 15) is 4.79 Å². The van der Waals surface area contributed by atoms with Crippen LogP contribution in [-0.2, 0) is 4.79 Å². The van der Waals surface area contributed by atoms with Gasteiger partial charge in [-0.3, -0.25) is 4.79 Å². The number of hydrogen-bond acceptors (Lipinski definition) is 5. The molecule has 0 N–H and O–H groups in total. The summed E-state index contributed by atoms with van der Waals surface area (Å²) in [4.78, 5) is 20.1. The van der Waals surface area contributed by atoms with E-state index >= 15 is 0 Å². The molecule has 3 rings (SSSR count). The predicted octanol–water partition coefficient (Wildman–Crippen LogP) is 3.94. The van der Waals surface area contributed by atoms with Crippen LogP contribution in [0.15, 0.2) is 22.0 Å². The highest BCUT2D eigenvalue weighted by atomic mass is 32.1. The van der Waals surface area contributed by atoms with E-state index in [1.54, 1.807) is 11.3 Å². The Kier molecular flexibility index (Phi) is 5.10. The topological polar surface area (TPSA) is 59.2 Å². The zero-order chi connectivity index (χ0) is 16.2. The van der Waals surface area contributed by atoms with Crippen LogP contribution in [0.2, 0.25) is 0 Å². The molecule has 23 heavy (non-hydrogen) atoms. The quantitative estimate of drug-likeness (QED) is 0.831. The van der Waals surface area contributed by atoms with Gasteiger partial charge in [0.15, 0.2) is 0 Å². The first-order valence-corrected chi connectivity index (χ1v) is 9.27. The van der Waals surface area contributed by atoms with Gasteiger partial charge in [-0.15, -0.1) is 11.3 Å². The van der Waals surface area contributed by atoms with Crippen molar-refractivity contribution in [3.63, 3.8) is 0 Å². The molecule has 1 saturated heterocycles. The first-order chi connectivity index (χ1) is 11.2. The Morgan fingerprint density at radius 2 is 2.30 bits per heavy atom. The van der Waals surface area contributed by atoms with Crippen molar-refractivity contribution in [1.82, 2.24) is 15.0 Å². The number of piperidine rings is 1. The van der Waals surface area contributed by atoms with Crippen LogP contribution in [0.3, 0.4) is 0 Å². The van der Waals surface area contributed by atoms with E-state index in [0.717, 1.165) is 37.1 Å². The van der Waals surface area contributed by atoms with Crippen molar-refractivity contribution in [1.29, 1.82) is 0 Å². The first kappa shape index (κ1) is 16.2. The summed E-state index contributed by atoms with van der Waals surface area (Å²) in [5.74, 6) is 1.88. The molecule has 0 aromatic carbocycles. The molecule has 1 atom stereocenters. The molecule has 2 aromatic heterocycles. The van der Waals surface area contributed by atoms with Gasteiger partial charge in [-0.1, -0.05) is 25.1 Å². The van der Waals surface area contributed by atoms with Crippen molar-refractivity contribution >= 4 is 17.2 Å². The second-order valence-corrected chi connectivity index (χ2v) is 7.02. The zero-order valence-corrected chi connectivity index (χ0v) is 14.5. The highest BCUT2D eigenvalue weighted by Crippen LogP contribution is 2.29. The highest BCUT2D eigenvalue weighted by Gasteiger charge is 2.30. The van der Waals surface area contributed by atoms with Gasteiger partial charge in [0.05, 0.1) is 10.8 Å². The number of nitrogens with zero attached hydrogens (tertiary/aromatic N) is 3. The summed E-state index contributed by atoms with van der Waals surface area (Å²) in [5, 5.41) is 6.09. The number of likely N-dealkylation sites (tertiary alicyclic amines) is 1. The smallest absolute Gasteiger partial charge is 0.231 e. The van der Waals surface area contributed by atoms with Crippen molar-refractivity contribution in [2.75, 3.05) is 13.1 Å². The molecule has 0 aliphatic carbocycles. The number of carbonyl (C=O) groups is 1. The van der Waals surface area contributed by atoms with Gasteiger partial charge in [0.25, 0.3) is 0 Å². The summed E-state index contributed by atoms with van der Waals surface area (Å²) in [6.45, 7) is 5.71. The lowest BCUT2D eigenvalue weighted by Crippen LogP contribution is -2.42. The van der Waals surface area contributed by atoms with E-state index in [4.69, 9.17) is 4.52 Å². The van der Waals surface area contributed by atoms with E-state index in [1.807, 2.05) is 22.4 Å². The van der Waals surface area contributed by atoms with Gasteiger partial charge < -0.3 is 9.42 Å². The fourth-order valence-corrected chi connectivity index (χ4v) is 3.83. The molecule has 6 heteroatoms. The van der Waals surface area contributed by atoms with Crippen LogP contribution in [0, 0.1) is 5.92 Å². The number of thiophene rings is 1. The van der Waals surface area contributed by atoms with Crippen LogP contribution in [-0.4, -0.2) is 34.0 Å². The van der Waals surface area contributed by atoms with Gasteiger partial charge in [0.1, 0.15) is 0 Å². The molecule has 0 unspecified atom stereocenters. The average molecular weight is 333 g/mol. The maximum absolute atomic E-state index is 12.6. The van der Waals surface area contributed by atoms with Gasteiger partial charge >= 0.3 is 0 Å². The van der Waals surface area contributed by atoms with Crippen molar-refractivity contribution in [2.45, 2.75) is 45.4 Å². The minimum atomic E-state index is 0.137. The highest BCUT2D eigenvalue weighted by molar-refractivity contribution is 7.13. The standard InChI is InChI=1S/C17H23N3O2S/c1-3-12(4-2)17(21)20-9-5-7-13(11-20)16-18-15(19-22-16)14-8-6-10-23-14/h6,8,10,12-13H,3-5,7,9,11H2,1-2H3/t13-/m0/s1. The minimum absolute atomic E-state index is 0.137. The molecule has 1 amide bonds. The van der Waals surface area contributed by atoms with Crippen LogP contribution in [0.25, 0.3) is 10.7 Å². The normalized spacial score (nSPS) is 18.6. The summed E-state index contributed by atoms with van der Waals surface area (Å²) in [6.07, 6.45) is 3.80. The molecule has 0 bridgehead atoms. The summed E-state index contributed by atoms with van der Waals surface area (Å²) in [6, 6.07) is 3.97. The number of aromatic nitrogens is 2. The third kappa shape index (κ3) is 3.47. The van der Waals surface area contributed by atoms with Gasteiger partial charge in [-0.25, -0.2) is 0 Å². The van der Waals surface area contributed by atoms with Gasteiger partial charge in [0.2, 0.25) is 17.6 Å². The Morgan fingerprint density at radius 1 is 1.48 bits per heavy atom. The molecule has 0 spiro atoms. The molecular formula is C17H23N3O2S. The van der Waals surface area contributed by atoms with Crippen LogP contribution >= 0.6 is 11.3 Å². The molecule has 3 heterocycles. The monoisotopic (exact) mass is 333 g/mol. The minimum Gasteiger partial charge on any atom is -0.342 e. The van der Waals surface area contributed by atoms with Crippen LogP contribution in [0.5, 0.6) is 0 Å². The Balaban J connectivity index is 1.70. The summed E-state index contributed by atoms with van der Waals surface area (Å²) >= 11 is 1.60. The van der Waals surface area contributed by atoms with E-state index in [0.29, 0.717) is 18.3 Å². The zero-order valence-electron chi connectivity index (χ0n) is 13.7. The molecule has 1 fully saturated rings. The second-order valence-electron chi connectivity index (χ2n) is 6.07. The van der Waals surface area contributed by atoms with E-state index in [2.05, 4.69) is 24.0 Å². The third-order valence-electron chi connectivity index (χ3n) is 4.60. The Morgan fingerprint density at radius 3 is 3.00 bits per heavy atom. The fourth-order valence-electron chi connectivity index (χ4n) is 3.18. The summed E-state index contributed by atoms with van der Waals surface area (Å²) in [5.41, 5.74) is 0. The Bertz CT molecular complexity index is 634. The van der Waals surface area contributed by atoms with E-state index < -0.39 is 0 Å². The average Bonchev–Trinajstić information content (AvgIpc) is 3.27. The molecule has 0 radical (unpaired) electrons. The van der Waals surface area contributed by atoms with Crippen LogP contribution < -0.4 is 0 Å². The lowest BCUT2D eigenvalue weighted by Gasteiger charge is -2.33. The second kappa shape index (κ2) is 7.25. The summed E-state index contributed by atoms with van der Waals surface area (Å²) < 4.78 is 5.48. The SMILES string of the molecule is CCC(CC)C(=O)N1CCC[C@H](c2nc(-c3cccs3)no2)C1. The maximum Gasteiger partial charge on any atom is 0.231 e. The third-order valence-corrected chi connectivity index (χ3v) is 5.47. The number of carbonyl (C=O) groups excluding carboxylic acids is 1. The molecule has 1 aliphatic heterocycles. The molecule has 1 aliphatic rings. The number of amides is 1. The van der Waals surface area contributed by atoms with Crippen molar-refractivity contribution < 1.29 is 9.32 Å². The molecule has 5 nitrogen and oxygen atoms in total. The predicted molar refractivity (Wildman–Crippen MR) is 90.2 cm³/mol. The van der Waals surface area contributed by atoms with Gasteiger partial charge in [-0.2, -0.15) is 4.98 Å². The maximum atomic E-state index is 12.6. The van der Waals surface area contributed by atoms with Crippen LogP contribution in [0.4, 0.5) is 0 Å². The number of hydrogen-bond donors (Lipinski definition) is 0. The van der Waals surface area contributed by atoms with Gasteiger partial charge in [-0.05, 0) is 37.1 Å². The lowest BCUT2D eigenvalue weighted by atomic mass is 9.95. The Hall–Kier alpha value is -1.69. The van der Waals surface area contributed by atoms with Crippen molar-refractivity contribution in [3.05, 3.63) is 23.4 Å². The molecule has 2 aromatic rings. The van der Waals surface area contributed by atoms with Crippen molar-refractivity contribution in [3.8, 4) is 10.7 Å². The molecule has 0 saturated carbocycles. The molecule has 124 valence electrons. The largest absolute Gasteiger partial charge is 0.342 e. The fraction of sp³-hybridized carbons (Fsp3) is 0.588. The Labute approximate surface area is 140 Å². The van der Waals surface area contributed by atoms with Crippen molar-refractivity contribution in [2.24, 2.45) is 5.92 Å². The number of rotatable bonds is 5. The van der Waals surface area contributed by atoms with Crippen LogP contribution in [0.1, 0.15) is 51.3 Å². The summed E-state index contributed by atoms with van der Waals surface area (Å²) in [7, 11) is 0. The van der Waals surface area contributed by atoms with Gasteiger partial charge in [0, 0.05) is 19.0 Å². The molecular weight excluding hydrogens is 310 g/mol. The lowest BCUT2D eigenvalue weighted by molar-refractivity contribution is -0.137. The van der Waals surface area contributed by atoms with E-state index in [1.165, 1.54) is 0 Å². The van der Waals surface area contributed by atoms with E-state index in [-0.39, 0.29) is 17.7 Å². The first-order valence-electron chi connectivity index (χ1n) is 8.39.